The molecular formula is C21H28F3N5O. The Hall–Kier alpha value is -2.68. The largest absolute Gasteiger partial charge is 0.416 e. The summed E-state index contributed by atoms with van der Waals surface area (Å²) in [7, 11) is 5.43. The molecule has 0 aliphatic carbocycles. The number of nitrogens with one attached hydrogen (secondary N) is 1. The van der Waals surface area contributed by atoms with Crippen LogP contribution in [0.3, 0.4) is 0 Å². The Kier molecular flexibility index (Phi) is 6.91. The molecule has 1 aliphatic rings. The smallest absolute Gasteiger partial charge is 0.378 e. The first-order chi connectivity index (χ1) is 14.3. The molecule has 0 radical (unpaired) electrons. The molecule has 1 aromatic carbocycles. The highest BCUT2D eigenvalue weighted by Crippen LogP contribution is 2.35. The van der Waals surface area contributed by atoms with Gasteiger partial charge in [-0.1, -0.05) is 6.07 Å². The molecule has 3 rings (SSSR count). The number of alkyl halides is 3. The molecule has 30 heavy (non-hydrogen) atoms. The SMILES string of the molecule is CN=C(NCc1ccc(N2CCOCC2)cc1C(F)(F)F)N(C)Cc1cccn1C. The van der Waals surface area contributed by atoms with Gasteiger partial charge in [0.25, 0.3) is 0 Å². The van der Waals surface area contributed by atoms with Gasteiger partial charge in [0.05, 0.1) is 25.3 Å². The van der Waals surface area contributed by atoms with Crippen molar-refractivity contribution in [1.82, 2.24) is 14.8 Å². The van der Waals surface area contributed by atoms with Crippen molar-refractivity contribution in [2.24, 2.45) is 12.0 Å². The van der Waals surface area contributed by atoms with Gasteiger partial charge in [-0.15, -0.1) is 0 Å². The van der Waals surface area contributed by atoms with E-state index < -0.39 is 11.7 Å². The van der Waals surface area contributed by atoms with Crippen LogP contribution in [0.25, 0.3) is 0 Å². The van der Waals surface area contributed by atoms with E-state index in [0.29, 0.717) is 44.5 Å². The lowest BCUT2D eigenvalue weighted by Gasteiger charge is -2.30. The fourth-order valence-electron chi connectivity index (χ4n) is 3.54. The summed E-state index contributed by atoms with van der Waals surface area (Å²) in [6.45, 7) is 2.84. The number of benzene rings is 1. The van der Waals surface area contributed by atoms with E-state index in [0.717, 1.165) is 5.69 Å². The lowest BCUT2D eigenvalue weighted by Crippen LogP contribution is -2.39. The lowest BCUT2D eigenvalue weighted by molar-refractivity contribution is -0.138. The molecule has 0 spiro atoms. The second kappa shape index (κ2) is 9.42. The van der Waals surface area contributed by atoms with Crippen molar-refractivity contribution in [2.75, 3.05) is 45.3 Å². The summed E-state index contributed by atoms with van der Waals surface area (Å²) in [5.74, 6) is 0.529. The quantitative estimate of drug-likeness (QED) is 0.593. The van der Waals surface area contributed by atoms with Crippen molar-refractivity contribution in [3.05, 3.63) is 53.3 Å². The maximum atomic E-state index is 13.7. The standard InChI is InChI=1S/C21H28F3N5O/c1-25-20(28(3)15-18-5-4-8-27(18)2)26-14-16-6-7-17(13-19(16)21(22,23)24)29-9-11-30-12-10-29/h4-8,13H,9-12,14-15H2,1-3H3,(H,25,26). The van der Waals surface area contributed by atoms with Gasteiger partial charge >= 0.3 is 6.18 Å². The first-order valence-electron chi connectivity index (χ1n) is 9.84. The van der Waals surface area contributed by atoms with Gasteiger partial charge in [-0.2, -0.15) is 13.2 Å². The number of aliphatic imine (C=N–C) groups is 1. The molecule has 1 N–H and O–H groups in total. The Morgan fingerprint density at radius 1 is 1.23 bits per heavy atom. The molecule has 1 aromatic heterocycles. The topological polar surface area (TPSA) is 45.0 Å². The number of nitrogens with zero attached hydrogens (tertiary/aromatic N) is 4. The van der Waals surface area contributed by atoms with Crippen LogP contribution in [0.15, 0.2) is 41.5 Å². The molecule has 6 nitrogen and oxygen atoms in total. The van der Waals surface area contributed by atoms with Crippen LogP contribution in [0, 0.1) is 0 Å². The van der Waals surface area contributed by atoms with E-state index in [1.54, 1.807) is 19.2 Å². The zero-order chi connectivity index (χ0) is 21.7. The Labute approximate surface area is 174 Å². The Morgan fingerprint density at radius 2 is 1.97 bits per heavy atom. The minimum atomic E-state index is -4.43. The van der Waals surface area contributed by atoms with E-state index >= 15 is 0 Å². The number of ether oxygens (including phenoxy) is 1. The van der Waals surface area contributed by atoms with E-state index in [2.05, 4.69) is 10.3 Å². The molecule has 164 valence electrons. The third-order valence-electron chi connectivity index (χ3n) is 5.24. The third kappa shape index (κ3) is 5.27. The summed E-state index contributed by atoms with van der Waals surface area (Å²) in [6, 6.07) is 8.47. The van der Waals surface area contributed by atoms with E-state index in [-0.39, 0.29) is 12.1 Å². The summed E-state index contributed by atoms with van der Waals surface area (Å²) in [6.07, 6.45) is -2.48. The normalized spacial score (nSPS) is 15.4. The molecule has 0 unspecified atom stereocenters. The zero-order valence-electron chi connectivity index (χ0n) is 17.5. The van der Waals surface area contributed by atoms with Gasteiger partial charge in [-0.05, 0) is 29.8 Å². The number of anilines is 1. The minimum Gasteiger partial charge on any atom is -0.378 e. The van der Waals surface area contributed by atoms with Gasteiger partial charge in [-0.25, -0.2) is 0 Å². The number of rotatable bonds is 5. The number of aromatic nitrogens is 1. The summed E-state index contributed by atoms with van der Waals surface area (Å²) in [5, 5.41) is 3.06. The summed E-state index contributed by atoms with van der Waals surface area (Å²) in [4.78, 5) is 8.01. The van der Waals surface area contributed by atoms with E-state index in [1.807, 2.05) is 46.8 Å². The zero-order valence-corrected chi connectivity index (χ0v) is 17.5. The van der Waals surface area contributed by atoms with E-state index in [9.17, 15) is 13.2 Å². The maximum Gasteiger partial charge on any atom is 0.416 e. The average molecular weight is 423 g/mol. The van der Waals surface area contributed by atoms with Crippen LogP contribution in [0.1, 0.15) is 16.8 Å². The Morgan fingerprint density at radius 3 is 2.57 bits per heavy atom. The van der Waals surface area contributed by atoms with Crippen molar-refractivity contribution >= 4 is 11.6 Å². The van der Waals surface area contributed by atoms with Gasteiger partial charge in [0.15, 0.2) is 5.96 Å². The average Bonchev–Trinajstić information content (AvgIpc) is 3.13. The van der Waals surface area contributed by atoms with Gasteiger partial charge in [-0.3, -0.25) is 4.99 Å². The first kappa shape index (κ1) is 22.0. The van der Waals surface area contributed by atoms with Gasteiger partial charge in [0.1, 0.15) is 0 Å². The van der Waals surface area contributed by atoms with Crippen molar-refractivity contribution in [1.29, 1.82) is 0 Å². The van der Waals surface area contributed by atoms with Crippen molar-refractivity contribution in [3.63, 3.8) is 0 Å². The number of morpholine rings is 1. The lowest BCUT2D eigenvalue weighted by atomic mass is 10.0. The number of hydrogen-bond donors (Lipinski definition) is 1. The molecule has 0 amide bonds. The van der Waals surface area contributed by atoms with Gasteiger partial charge in [0.2, 0.25) is 0 Å². The third-order valence-corrected chi connectivity index (χ3v) is 5.24. The molecule has 1 saturated heterocycles. The fourth-order valence-corrected chi connectivity index (χ4v) is 3.54. The van der Waals surface area contributed by atoms with E-state index in [4.69, 9.17) is 4.74 Å². The predicted octanol–water partition coefficient (Wildman–Crippen LogP) is 3.09. The van der Waals surface area contributed by atoms with Crippen molar-refractivity contribution < 1.29 is 17.9 Å². The Balaban J connectivity index is 1.73. The number of guanidine groups is 1. The monoisotopic (exact) mass is 423 g/mol. The second-order valence-corrected chi connectivity index (χ2v) is 7.31. The summed E-state index contributed by atoms with van der Waals surface area (Å²) >= 11 is 0. The second-order valence-electron chi connectivity index (χ2n) is 7.31. The van der Waals surface area contributed by atoms with Gasteiger partial charge in [0, 0.05) is 58.4 Å². The van der Waals surface area contributed by atoms with Crippen molar-refractivity contribution in [2.45, 2.75) is 19.3 Å². The van der Waals surface area contributed by atoms with Crippen LogP contribution in [0.2, 0.25) is 0 Å². The van der Waals surface area contributed by atoms with Crippen LogP contribution in [-0.2, 0) is 31.1 Å². The summed E-state index contributed by atoms with van der Waals surface area (Å²) < 4.78 is 48.5. The number of aryl methyl sites for hydroxylation is 1. The highest BCUT2D eigenvalue weighted by Gasteiger charge is 2.34. The highest BCUT2D eigenvalue weighted by molar-refractivity contribution is 5.79. The molecule has 0 bridgehead atoms. The van der Waals surface area contributed by atoms with Crippen LogP contribution in [-0.4, -0.2) is 55.8 Å². The van der Waals surface area contributed by atoms with Crippen LogP contribution in [0.4, 0.5) is 18.9 Å². The van der Waals surface area contributed by atoms with Crippen LogP contribution >= 0.6 is 0 Å². The highest BCUT2D eigenvalue weighted by atomic mass is 19.4. The van der Waals surface area contributed by atoms with Crippen molar-refractivity contribution in [3.8, 4) is 0 Å². The van der Waals surface area contributed by atoms with Crippen LogP contribution in [0.5, 0.6) is 0 Å². The molecule has 2 aromatic rings. The molecule has 1 fully saturated rings. The minimum absolute atomic E-state index is 0.0301. The maximum absolute atomic E-state index is 13.7. The molecule has 9 heteroatoms. The molecule has 0 saturated carbocycles. The molecular weight excluding hydrogens is 395 g/mol. The molecule has 1 aliphatic heterocycles. The molecule has 2 heterocycles. The van der Waals surface area contributed by atoms with Crippen LogP contribution < -0.4 is 10.2 Å². The van der Waals surface area contributed by atoms with Gasteiger partial charge < -0.3 is 24.4 Å². The number of halogens is 3. The van der Waals surface area contributed by atoms with E-state index in [1.165, 1.54) is 6.07 Å². The first-order valence-corrected chi connectivity index (χ1v) is 9.84. The fraction of sp³-hybridized carbons (Fsp3) is 0.476. The number of hydrogen-bond acceptors (Lipinski definition) is 3. The molecule has 0 atom stereocenters. The Bertz CT molecular complexity index is 872. The summed E-state index contributed by atoms with van der Waals surface area (Å²) in [5.41, 5.74) is 1.21. The predicted molar refractivity (Wildman–Crippen MR) is 112 cm³/mol.